The summed E-state index contributed by atoms with van der Waals surface area (Å²) in [5, 5.41) is 7.70. The average molecular weight is 536 g/mol. The van der Waals surface area contributed by atoms with Crippen LogP contribution in [0.25, 0.3) is 0 Å². The lowest BCUT2D eigenvalue weighted by Crippen LogP contribution is -2.70. The predicted molar refractivity (Wildman–Crippen MR) is 132 cm³/mol. The molecule has 0 radical (unpaired) electrons. The Morgan fingerprint density at radius 3 is 2.47 bits per heavy atom. The molecule has 5 fully saturated rings. The third kappa shape index (κ3) is 5.13. The van der Waals surface area contributed by atoms with Gasteiger partial charge in [0.25, 0.3) is 0 Å². The molecule has 5 rings (SSSR count). The first-order chi connectivity index (χ1) is 17.0. The molecular formula is C24H41ClF3N7O. The second-order valence-electron chi connectivity index (χ2n) is 11.6. The Morgan fingerprint density at radius 2 is 1.83 bits per heavy atom. The standard InChI is InChI=1S/C24H41ClF3N7O/c1-14-17(13-32(2)30-14)23(36)33(3)22(24(26,27)28)15-6-8-16(9-7-15)34-10-4-5-18-19(34)12-29-21-11-20(25)31-35(18)21/h14-22,29-31H,4-13H2,1-3H3/t14?,15?,16?,17?,18?,19?,20?,21?,22-/m0/s1. The zero-order valence-electron chi connectivity index (χ0n) is 21.5. The highest BCUT2D eigenvalue weighted by Crippen LogP contribution is 2.41. The highest BCUT2D eigenvalue weighted by Gasteiger charge is 2.52. The lowest BCUT2D eigenvalue weighted by Gasteiger charge is -2.53. The van der Waals surface area contributed by atoms with Gasteiger partial charge in [0, 0.05) is 57.8 Å². The van der Waals surface area contributed by atoms with Gasteiger partial charge in [0.2, 0.25) is 5.91 Å². The summed E-state index contributed by atoms with van der Waals surface area (Å²) in [6.07, 6.45) is 1.32. The van der Waals surface area contributed by atoms with Crippen molar-refractivity contribution < 1.29 is 18.0 Å². The van der Waals surface area contributed by atoms with Crippen molar-refractivity contribution in [2.75, 3.05) is 33.7 Å². The summed E-state index contributed by atoms with van der Waals surface area (Å²) in [6, 6.07) is -0.918. The number of halogens is 4. The van der Waals surface area contributed by atoms with Gasteiger partial charge in [0.05, 0.1) is 17.6 Å². The summed E-state index contributed by atoms with van der Waals surface area (Å²) < 4.78 is 43.0. The molecule has 1 aliphatic carbocycles. The maximum atomic E-state index is 14.3. The highest BCUT2D eigenvalue weighted by molar-refractivity contribution is 6.20. The Bertz CT molecular complexity index is 798. The minimum absolute atomic E-state index is 0.0607. The van der Waals surface area contributed by atoms with Gasteiger partial charge in [-0.15, -0.1) is 11.6 Å². The van der Waals surface area contributed by atoms with Crippen molar-refractivity contribution in [3.63, 3.8) is 0 Å². The summed E-state index contributed by atoms with van der Waals surface area (Å²) >= 11 is 6.36. The number of carbonyl (C=O) groups is 1. The Morgan fingerprint density at radius 1 is 1.11 bits per heavy atom. The molecule has 1 saturated carbocycles. The van der Waals surface area contributed by atoms with E-state index in [0.29, 0.717) is 31.5 Å². The summed E-state index contributed by atoms with van der Waals surface area (Å²) in [4.78, 5) is 16.7. The number of hydrazine groups is 2. The predicted octanol–water partition coefficient (Wildman–Crippen LogP) is 1.93. The van der Waals surface area contributed by atoms with Gasteiger partial charge in [-0.3, -0.25) is 20.4 Å². The van der Waals surface area contributed by atoms with Gasteiger partial charge in [-0.25, -0.2) is 15.4 Å². The zero-order chi connectivity index (χ0) is 25.8. The van der Waals surface area contributed by atoms with Gasteiger partial charge < -0.3 is 4.90 Å². The highest BCUT2D eigenvalue weighted by atomic mass is 35.5. The summed E-state index contributed by atoms with van der Waals surface area (Å²) in [5.74, 6) is -1.45. The second kappa shape index (κ2) is 10.5. The minimum Gasteiger partial charge on any atom is -0.333 e. The van der Waals surface area contributed by atoms with Crippen LogP contribution in [0.3, 0.4) is 0 Å². The first kappa shape index (κ1) is 26.9. The molecule has 4 aliphatic heterocycles. The quantitative estimate of drug-likeness (QED) is 0.375. The molecule has 8 nitrogen and oxygen atoms in total. The number of carbonyl (C=O) groups excluding carboxylic acids is 1. The van der Waals surface area contributed by atoms with Crippen molar-refractivity contribution in [2.24, 2.45) is 11.8 Å². The number of nitrogens with one attached hydrogen (secondary N) is 3. The van der Waals surface area contributed by atoms with Gasteiger partial charge in [-0.1, -0.05) is 0 Å². The monoisotopic (exact) mass is 535 g/mol. The SMILES string of the molecule is CC1NN(C)CC1C(=O)N(C)[C@@H](C1CCC(N2CCCC3C2CNC2CC(Cl)NN23)CC1)C(F)(F)F. The summed E-state index contributed by atoms with van der Waals surface area (Å²) in [5.41, 5.74) is 6.47. The molecule has 0 bridgehead atoms. The molecular weight excluding hydrogens is 495 g/mol. The van der Waals surface area contributed by atoms with Crippen LogP contribution in [0.1, 0.15) is 51.9 Å². The second-order valence-corrected chi connectivity index (χ2v) is 12.1. The van der Waals surface area contributed by atoms with E-state index in [1.807, 2.05) is 14.0 Å². The molecule has 206 valence electrons. The van der Waals surface area contributed by atoms with Crippen molar-refractivity contribution in [1.82, 2.24) is 36.0 Å². The van der Waals surface area contributed by atoms with E-state index in [1.165, 1.54) is 7.05 Å². The van der Waals surface area contributed by atoms with E-state index in [2.05, 4.69) is 26.1 Å². The molecule has 3 N–H and O–H groups in total. The van der Waals surface area contributed by atoms with Crippen LogP contribution >= 0.6 is 11.6 Å². The van der Waals surface area contributed by atoms with Crippen molar-refractivity contribution >= 4 is 17.5 Å². The molecule has 0 spiro atoms. The fourth-order valence-corrected chi connectivity index (χ4v) is 7.94. The molecule has 5 aliphatic rings. The lowest BCUT2D eigenvalue weighted by molar-refractivity contribution is -0.203. The Labute approximate surface area is 217 Å². The van der Waals surface area contributed by atoms with E-state index in [9.17, 15) is 18.0 Å². The van der Waals surface area contributed by atoms with Crippen LogP contribution in [0.4, 0.5) is 13.2 Å². The van der Waals surface area contributed by atoms with Crippen LogP contribution in [0, 0.1) is 11.8 Å². The summed E-state index contributed by atoms with van der Waals surface area (Å²) in [7, 11) is 3.16. The van der Waals surface area contributed by atoms with Crippen LogP contribution in [0.15, 0.2) is 0 Å². The van der Waals surface area contributed by atoms with Gasteiger partial charge >= 0.3 is 6.18 Å². The molecule has 4 heterocycles. The summed E-state index contributed by atoms with van der Waals surface area (Å²) in [6.45, 7) is 4.15. The maximum absolute atomic E-state index is 14.3. The molecule has 1 amide bonds. The van der Waals surface area contributed by atoms with Crippen LogP contribution in [-0.2, 0) is 4.79 Å². The Hall–Kier alpha value is -0.690. The molecule has 7 atom stereocenters. The average Bonchev–Trinajstić information content (AvgIpc) is 3.38. The van der Waals surface area contributed by atoms with E-state index in [1.54, 1.807) is 5.01 Å². The minimum atomic E-state index is -4.44. The number of hydrogen-bond donors (Lipinski definition) is 3. The van der Waals surface area contributed by atoms with Gasteiger partial charge in [-0.05, 0) is 57.9 Å². The van der Waals surface area contributed by atoms with E-state index in [0.717, 1.165) is 50.1 Å². The van der Waals surface area contributed by atoms with Crippen LogP contribution < -0.4 is 16.2 Å². The van der Waals surface area contributed by atoms with Crippen molar-refractivity contribution in [2.45, 2.75) is 99.9 Å². The van der Waals surface area contributed by atoms with Crippen molar-refractivity contribution in [1.29, 1.82) is 0 Å². The van der Waals surface area contributed by atoms with Gasteiger partial charge in [0.1, 0.15) is 6.04 Å². The van der Waals surface area contributed by atoms with Crippen LogP contribution in [0.5, 0.6) is 0 Å². The third-order valence-electron chi connectivity index (χ3n) is 9.33. The number of amides is 1. The van der Waals surface area contributed by atoms with Gasteiger partial charge in [-0.2, -0.15) is 13.2 Å². The van der Waals surface area contributed by atoms with E-state index in [-0.39, 0.29) is 23.8 Å². The van der Waals surface area contributed by atoms with Crippen LogP contribution in [-0.4, -0.2) is 108 Å². The number of hydrogen-bond acceptors (Lipinski definition) is 7. The molecule has 0 aromatic rings. The normalized spacial score (nSPS) is 41.6. The molecule has 0 aromatic heterocycles. The number of fused-ring (bicyclic) bond motifs is 3. The van der Waals surface area contributed by atoms with Crippen molar-refractivity contribution in [3.8, 4) is 0 Å². The topological polar surface area (TPSA) is 66.1 Å². The largest absolute Gasteiger partial charge is 0.409 e. The zero-order valence-corrected chi connectivity index (χ0v) is 22.2. The first-order valence-corrected chi connectivity index (χ1v) is 14.0. The molecule has 36 heavy (non-hydrogen) atoms. The van der Waals surface area contributed by atoms with E-state index in [4.69, 9.17) is 11.6 Å². The van der Waals surface area contributed by atoms with Crippen LogP contribution in [0.2, 0.25) is 0 Å². The lowest BCUT2D eigenvalue weighted by atomic mass is 9.78. The number of likely N-dealkylation sites (tertiary alicyclic amines) is 1. The number of rotatable bonds is 4. The van der Waals surface area contributed by atoms with Gasteiger partial charge in [0.15, 0.2) is 0 Å². The number of piperidine rings is 1. The number of nitrogens with zero attached hydrogens (tertiary/aromatic N) is 4. The fourth-order valence-electron chi connectivity index (χ4n) is 7.66. The smallest absolute Gasteiger partial charge is 0.333 e. The third-order valence-corrected chi connectivity index (χ3v) is 9.61. The van der Waals surface area contributed by atoms with Crippen molar-refractivity contribution in [3.05, 3.63) is 0 Å². The molecule has 4 saturated heterocycles. The molecule has 12 heteroatoms. The number of alkyl halides is 4. The Kier molecular flexibility index (Phi) is 7.82. The Balaban J connectivity index is 1.23. The molecule has 6 unspecified atom stereocenters. The maximum Gasteiger partial charge on any atom is 0.409 e. The fraction of sp³-hybridized carbons (Fsp3) is 0.958. The van der Waals surface area contributed by atoms with E-state index >= 15 is 0 Å². The van der Waals surface area contributed by atoms with E-state index < -0.39 is 30.0 Å². The first-order valence-electron chi connectivity index (χ1n) is 13.5. The molecule has 0 aromatic carbocycles.